The van der Waals surface area contributed by atoms with Crippen molar-refractivity contribution in [3.05, 3.63) is 59.5 Å². The molecule has 0 bridgehead atoms. The number of pyridine rings is 1. The first-order chi connectivity index (χ1) is 11.7. The van der Waals surface area contributed by atoms with Crippen molar-refractivity contribution in [1.82, 2.24) is 14.9 Å². The number of aromatic nitrogens is 2. The van der Waals surface area contributed by atoms with Crippen molar-refractivity contribution < 1.29 is 4.79 Å². The lowest BCUT2D eigenvalue weighted by Gasteiger charge is -2.36. The third-order valence-corrected chi connectivity index (χ3v) is 4.78. The van der Waals surface area contributed by atoms with E-state index in [9.17, 15) is 4.79 Å². The van der Waals surface area contributed by atoms with E-state index in [-0.39, 0.29) is 5.91 Å². The van der Waals surface area contributed by atoms with E-state index in [1.165, 1.54) is 0 Å². The molecule has 1 fully saturated rings. The van der Waals surface area contributed by atoms with Gasteiger partial charge in [0.25, 0.3) is 5.91 Å². The van der Waals surface area contributed by atoms with Crippen molar-refractivity contribution in [3.8, 4) is 0 Å². The van der Waals surface area contributed by atoms with Crippen LogP contribution in [0.1, 0.15) is 10.4 Å². The Kier molecular flexibility index (Phi) is 3.86. The zero-order chi connectivity index (χ0) is 16.5. The van der Waals surface area contributed by atoms with Gasteiger partial charge in [0.2, 0.25) is 0 Å². The molecule has 1 aliphatic rings. The fraction of sp³-hybridized carbons (Fsp3) is 0.222. The average Bonchev–Trinajstić information content (AvgIpc) is 3.10. The number of H-pyrrole nitrogens is 1. The van der Waals surface area contributed by atoms with Crippen LogP contribution in [-0.4, -0.2) is 47.0 Å². The summed E-state index contributed by atoms with van der Waals surface area (Å²) < 4.78 is 0. The second-order valence-corrected chi connectivity index (χ2v) is 6.26. The molecule has 0 unspecified atom stereocenters. The monoisotopic (exact) mass is 340 g/mol. The van der Waals surface area contributed by atoms with Crippen LogP contribution in [0.2, 0.25) is 5.02 Å². The first-order valence-electron chi connectivity index (χ1n) is 7.94. The van der Waals surface area contributed by atoms with Gasteiger partial charge in [-0.1, -0.05) is 17.7 Å². The third kappa shape index (κ3) is 2.61. The highest BCUT2D eigenvalue weighted by atomic mass is 35.5. The first kappa shape index (κ1) is 15.0. The Morgan fingerprint density at radius 1 is 1.12 bits per heavy atom. The predicted octanol–water partition coefficient (Wildman–Crippen LogP) is 3.18. The number of fused-ring (bicyclic) bond motifs is 1. The van der Waals surface area contributed by atoms with E-state index >= 15 is 0 Å². The Morgan fingerprint density at radius 3 is 2.75 bits per heavy atom. The van der Waals surface area contributed by atoms with E-state index in [1.807, 2.05) is 41.4 Å². The molecule has 2 aromatic heterocycles. The van der Waals surface area contributed by atoms with Gasteiger partial charge in [0, 0.05) is 61.2 Å². The molecule has 3 aromatic rings. The van der Waals surface area contributed by atoms with E-state index in [0.29, 0.717) is 18.1 Å². The lowest BCUT2D eigenvalue weighted by molar-refractivity contribution is 0.0749. The van der Waals surface area contributed by atoms with Gasteiger partial charge in [0.05, 0.1) is 10.7 Å². The van der Waals surface area contributed by atoms with E-state index in [0.717, 1.165) is 35.2 Å². The third-order valence-electron chi connectivity index (χ3n) is 4.48. The Morgan fingerprint density at radius 2 is 1.96 bits per heavy atom. The molecular weight excluding hydrogens is 324 g/mol. The van der Waals surface area contributed by atoms with Crippen LogP contribution < -0.4 is 4.90 Å². The second-order valence-electron chi connectivity index (χ2n) is 5.85. The van der Waals surface area contributed by atoms with Gasteiger partial charge >= 0.3 is 0 Å². The van der Waals surface area contributed by atoms with Gasteiger partial charge in [0.1, 0.15) is 0 Å². The molecule has 1 aliphatic heterocycles. The summed E-state index contributed by atoms with van der Waals surface area (Å²) in [4.78, 5) is 24.2. The van der Waals surface area contributed by atoms with Gasteiger partial charge in [-0.05, 0) is 24.3 Å². The maximum atomic E-state index is 12.9. The number of amides is 1. The summed E-state index contributed by atoms with van der Waals surface area (Å²) in [6.07, 6.45) is 5.26. The maximum Gasteiger partial charge on any atom is 0.254 e. The smallest absolute Gasteiger partial charge is 0.254 e. The van der Waals surface area contributed by atoms with Crippen molar-refractivity contribution in [2.75, 3.05) is 31.1 Å². The number of carbonyl (C=O) groups excluding carboxylic acids is 1. The van der Waals surface area contributed by atoms with Crippen molar-refractivity contribution in [3.63, 3.8) is 0 Å². The molecular formula is C18H17ClN4O. The van der Waals surface area contributed by atoms with Gasteiger partial charge in [-0.2, -0.15) is 0 Å². The number of hydrogen-bond acceptors (Lipinski definition) is 3. The lowest BCUT2D eigenvalue weighted by atomic mass is 10.1. The van der Waals surface area contributed by atoms with Crippen LogP contribution in [0.25, 0.3) is 10.9 Å². The zero-order valence-electron chi connectivity index (χ0n) is 13.1. The average molecular weight is 341 g/mol. The molecule has 3 heterocycles. The number of nitrogens with zero attached hydrogens (tertiary/aromatic N) is 3. The van der Waals surface area contributed by atoms with Gasteiger partial charge in [-0.3, -0.25) is 9.78 Å². The number of nitrogens with one attached hydrogen (secondary N) is 1. The highest BCUT2D eigenvalue weighted by Crippen LogP contribution is 2.26. The number of hydrogen-bond donors (Lipinski definition) is 1. The summed E-state index contributed by atoms with van der Waals surface area (Å²) in [5.74, 6) is 0.0840. The van der Waals surface area contributed by atoms with E-state index in [2.05, 4.69) is 14.9 Å². The molecule has 1 saturated heterocycles. The van der Waals surface area contributed by atoms with Crippen LogP contribution in [0.4, 0.5) is 5.69 Å². The maximum absolute atomic E-state index is 12.9. The van der Waals surface area contributed by atoms with Crippen LogP contribution in [0, 0.1) is 0 Å². The molecule has 4 rings (SSSR count). The minimum atomic E-state index is 0.0840. The van der Waals surface area contributed by atoms with Crippen LogP contribution in [0.3, 0.4) is 0 Å². The van der Waals surface area contributed by atoms with E-state index < -0.39 is 0 Å². The molecule has 0 saturated carbocycles. The van der Waals surface area contributed by atoms with Crippen molar-refractivity contribution in [2.24, 2.45) is 0 Å². The summed E-state index contributed by atoms with van der Waals surface area (Å²) in [7, 11) is 0. The van der Waals surface area contributed by atoms with Crippen molar-refractivity contribution in [1.29, 1.82) is 0 Å². The second kappa shape index (κ2) is 6.17. The summed E-state index contributed by atoms with van der Waals surface area (Å²) >= 11 is 6.22. The molecule has 0 atom stereocenters. The summed E-state index contributed by atoms with van der Waals surface area (Å²) in [6, 6.07) is 9.66. The molecule has 0 radical (unpaired) electrons. The van der Waals surface area contributed by atoms with Crippen LogP contribution in [0.5, 0.6) is 0 Å². The van der Waals surface area contributed by atoms with Gasteiger partial charge in [-0.15, -0.1) is 0 Å². The number of benzene rings is 1. The van der Waals surface area contributed by atoms with Crippen LogP contribution in [0.15, 0.2) is 48.9 Å². The molecule has 6 heteroatoms. The number of anilines is 1. The minimum absolute atomic E-state index is 0.0840. The number of rotatable bonds is 2. The minimum Gasteiger partial charge on any atom is -0.367 e. The van der Waals surface area contributed by atoms with E-state index in [1.54, 1.807) is 12.4 Å². The Labute approximate surface area is 144 Å². The highest BCUT2D eigenvalue weighted by molar-refractivity contribution is 6.33. The molecule has 1 amide bonds. The standard InChI is InChI=1S/C18H17ClN4O/c19-15-12-20-6-5-17(15)22-8-10-23(11-9-22)18(24)14-2-1-3-16-13(14)4-7-21-16/h1-7,12,21H,8-11H2. The number of halogens is 1. The molecule has 0 spiro atoms. The molecule has 0 aliphatic carbocycles. The fourth-order valence-corrected chi connectivity index (χ4v) is 3.46. The van der Waals surface area contributed by atoms with Crippen molar-refractivity contribution in [2.45, 2.75) is 0 Å². The molecule has 24 heavy (non-hydrogen) atoms. The lowest BCUT2D eigenvalue weighted by Crippen LogP contribution is -2.48. The van der Waals surface area contributed by atoms with Crippen LogP contribution >= 0.6 is 11.6 Å². The van der Waals surface area contributed by atoms with E-state index in [4.69, 9.17) is 11.6 Å². The Balaban J connectivity index is 1.51. The van der Waals surface area contributed by atoms with Gasteiger partial charge in [-0.25, -0.2) is 0 Å². The number of piperazine rings is 1. The number of aromatic amines is 1. The largest absolute Gasteiger partial charge is 0.367 e. The topological polar surface area (TPSA) is 52.2 Å². The molecule has 122 valence electrons. The molecule has 5 nitrogen and oxygen atoms in total. The molecule has 1 N–H and O–H groups in total. The van der Waals surface area contributed by atoms with Gasteiger partial charge < -0.3 is 14.8 Å². The number of carbonyl (C=O) groups is 1. The Bertz CT molecular complexity index is 883. The summed E-state index contributed by atoms with van der Waals surface area (Å²) in [5, 5.41) is 1.62. The summed E-state index contributed by atoms with van der Waals surface area (Å²) in [6.45, 7) is 2.88. The fourth-order valence-electron chi connectivity index (χ4n) is 3.22. The van der Waals surface area contributed by atoms with Crippen LogP contribution in [-0.2, 0) is 0 Å². The normalized spacial score (nSPS) is 15.0. The van der Waals surface area contributed by atoms with Crippen molar-refractivity contribution >= 4 is 34.1 Å². The highest BCUT2D eigenvalue weighted by Gasteiger charge is 2.24. The zero-order valence-corrected chi connectivity index (χ0v) is 13.8. The SMILES string of the molecule is O=C(c1cccc2[nH]ccc12)N1CCN(c2ccncc2Cl)CC1. The predicted molar refractivity (Wildman–Crippen MR) is 95.7 cm³/mol. The molecule has 1 aromatic carbocycles. The quantitative estimate of drug-likeness (QED) is 0.779. The first-order valence-corrected chi connectivity index (χ1v) is 8.31. The summed E-state index contributed by atoms with van der Waals surface area (Å²) in [5.41, 5.74) is 2.72. The van der Waals surface area contributed by atoms with Gasteiger partial charge in [0.15, 0.2) is 0 Å². The Hall–Kier alpha value is -2.53.